The number of methoxy groups -OCH3 is 1. The van der Waals surface area contributed by atoms with Crippen molar-refractivity contribution < 1.29 is 9.47 Å². The molecule has 0 unspecified atom stereocenters. The van der Waals surface area contributed by atoms with Gasteiger partial charge >= 0.3 is 0 Å². The smallest absolute Gasteiger partial charge is 0.222 e. The van der Waals surface area contributed by atoms with Crippen LogP contribution in [0.1, 0.15) is 0 Å². The Kier molecular flexibility index (Phi) is 2.68. The summed E-state index contributed by atoms with van der Waals surface area (Å²) in [6, 6.07) is 8.72. The van der Waals surface area contributed by atoms with Crippen LogP contribution in [0.3, 0.4) is 0 Å². The first kappa shape index (κ1) is 11.3. The van der Waals surface area contributed by atoms with Crippen LogP contribution in [0.15, 0.2) is 42.7 Å². The number of aromatic nitrogens is 3. The zero-order chi connectivity index (χ0) is 13.2. The first-order chi connectivity index (χ1) is 9.26. The van der Waals surface area contributed by atoms with Crippen LogP contribution in [0.2, 0.25) is 0 Å². The normalized spacial score (nSPS) is 10.6. The van der Waals surface area contributed by atoms with Gasteiger partial charge in [-0.2, -0.15) is 10.1 Å². The van der Waals surface area contributed by atoms with Gasteiger partial charge in [0.15, 0.2) is 17.1 Å². The molecule has 19 heavy (non-hydrogen) atoms. The highest BCUT2D eigenvalue weighted by Gasteiger charge is 2.07. The fourth-order valence-electron chi connectivity index (χ4n) is 1.73. The Bertz CT molecular complexity index is 723. The van der Waals surface area contributed by atoms with E-state index in [1.807, 2.05) is 0 Å². The van der Waals surface area contributed by atoms with Gasteiger partial charge in [0.25, 0.3) is 0 Å². The second-order valence-corrected chi connectivity index (χ2v) is 3.91. The van der Waals surface area contributed by atoms with Crippen molar-refractivity contribution in [1.82, 2.24) is 14.6 Å². The lowest BCUT2D eigenvalue weighted by Gasteiger charge is -2.10. The maximum Gasteiger partial charge on any atom is 0.222 e. The van der Waals surface area contributed by atoms with Crippen molar-refractivity contribution in [3.63, 3.8) is 0 Å². The Balaban J connectivity index is 1.95. The molecule has 0 radical (unpaired) electrons. The predicted molar refractivity (Wildman–Crippen MR) is 70.5 cm³/mol. The molecule has 3 aromatic rings. The number of nitrogens with two attached hydrogens (primary N) is 1. The van der Waals surface area contributed by atoms with E-state index in [4.69, 9.17) is 15.2 Å². The SMILES string of the molecule is COc1cc(N)ccc1Oc1ccn2nccc2n1. The summed E-state index contributed by atoms with van der Waals surface area (Å²) >= 11 is 0. The summed E-state index contributed by atoms with van der Waals surface area (Å²) in [5.74, 6) is 1.60. The number of rotatable bonds is 3. The average molecular weight is 256 g/mol. The number of fused-ring (bicyclic) bond motifs is 1. The van der Waals surface area contributed by atoms with Crippen LogP contribution in [0, 0.1) is 0 Å². The molecule has 6 nitrogen and oxygen atoms in total. The van der Waals surface area contributed by atoms with Gasteiger partial charge in [0.1, 0.15) is 0 Å². The fourth-order valence-corrected chi connectivity index (χ4v) is 1.73. The molecule has 3 rings (SSSR count). The summed E-state index contributed by atoms with van der Waals surface area (Å²) in [5, 5.41) is 4.07. The molecule has 0 bridgehead atoms. The van der Waals surface area contributed by atoms with Crippen LogP contribution in [-0.2, 0) is 0 Å². The van der Waals surface area contributed by atoms with Gasteiger partial charge in [-0.1, -0.05) is 0 Å². The Morgan fingerprint density at radius 2 is 2.05 bits per heavy atom. The first-order valence-corrected chi connectivity index (χ1v) is 5.68. The fraction of sp³-hybridized carbons (Fsp3) is 0.0769. The molecule has 96 valence electrons. The van der Waals surface area contributed by atoms with E-state index in [2.05, 4.69) is 10.1 Å². The van der Waals surface area contributed by atoms with E-state index in [1.165, 1.54) is 0 Å². The standard InChI is InChI=1S/C13H12N4O2/c1-18-11-8-9(14)2-3-10(11)19-13-5-7-17-12(16-13)4-6-15-17/h2-8H,14H2,1H3. The maximum atomic E-state index is 5.70. The third-order valence-electron chi connectivity index (χ3n) is 2.63. The second kappa shape index (κ2) is 4.49. The lowest BCUT2D eigenvalue weighted by atomic mass is 10.3. The molecule has 0 aliphatic heterocycles. The van der Waals surface area contributed by atoms with E-state index in [1.54, 1.807) is 54.4 Å². The molecule has 0 aliphatic rings. The molecular formula is C13H12N4O2. The molecule has 0 aliphatic carbocycles. The lowest BCUT2D eigenvalue weighted by Crippen LogP contribution is -1.96. The Hall–Kier alpha value is -2.76. The molecule has 2 aromatic heterocycles. The third kappa shape index (κ3) is 2.15. The molecule has 0 atom stereocenters. The zero-order valence-corrected chi connectivity index (χ0v) is 10.3. The molecule has 2 N–H and O–H groups in total. The van der Waals surface area contributed by atoms with Gasteiger partial charge in [0.2, 0.25) is 5.88 Å². The van der Waals surface area contributed by atoms with Crippen molar-refractivity contribution in [2.75, 3.05) is 12.8 Å². The van der Waals surface area contributed by atoms with Crippen LogP contribution in [0.25, 0.3) is 5.65 Å². The minimum atomic E-state index is 0.469. The Morgan fingerprint density at radius 3 is 2.89 bits per heavy atom. The highest BCUT2D eigenvalue weighted by Crippen LogP contribution is 2.32. The van der Waals surface area contributed by atoms with E-state index >= 15 is 0 Å². The summed E-state index contributed by atoms with van der Waals surface area (Å²) in [4.78, 5) is 4.32. The Morgan fingerprint density at radius 1 is 1.16 bits per heavy atom. The van der Waals surface area contributed by atoms with Crippen molar-refractivity contribution in [1.29, 1.82) is 0 Å². The van der Waals surface area contributed by atoms with Gasteiger partial charge in [-0.15, -0.1) is 0 Å². The lowest BCUT2D eigenvalue weighted by molar-refractivity contribution is 0.374. The van der Waals surface area contributed by atoms with Gasteiger partial charge in [-0.05, 0) is 12.1 Å². The van der Waals surface area contributed by atoms with E-state index < -0.39 is 0 Å². The molecular weight excluding hydrogens is 244 g/mol. The molecule has 0 saturated carbocycles. The maximum absolute atomic E-state index is 5.70. The molecule has 1 aromatic carbocycles. The number of hydrogen-bond acceptors (Lipinski definition) is 5. The number of anilines is 1. The summed E-state index contributed by atoms with van der Waals surface area (Å²) in [5.41, 5.74) is 7.02. The van der Waals surface area contributed by atoms with Crippen molar-refractivity contribution >= 4 is 11.3 Å². The number of nitrogen functional groups attached to an aromatic ring is 1. The van der Waals surface area contributed by atoms with E-state index in [0.29, 0.717) is 28.7 Å². The number of benzene rings is 1. The van der Waals surface area contributed by atoms with Crippen molar-refractivity contribution in [2.24, 2.45) is 0 Å². The molecule has 0 fully saturated rings. The van der Waals surface area contributed by atoms with Gasteiger partial charge in [0, 0.05) is 30.1 Å². The molecule has 0 amide bonds. The van der Waals surface area contributed by atoms with E-state index in [9.17, 15) is 0 Å². The molecule has 0 spiro atoms. The average Bonchev–Trinajstić information content (AvgIpc) is 2.88. The molecule has 2 heterocycles. The summed E-state index contributed by atoms with van der Waals surface area (Å²) in [6.07, 6.45) is 3.46. The van der Waals surface area contributed by atoms with Crippen molar-refractivity contribution in [3.8, 4) is 17.4 Å². The minimum Gasteiger partial charge on any atom is -0.493 e. The molecule has 0 saturated heterocycles. The highest BCUT2D eigenvalue weighted by molar-refractivity contribution is 5.53. The predicted octanol–water partition coefficient (Wildman–Crippen LogP) is 2.11. The summed E-state index contributed by atoms with van der Waals surface area (Å²) < 4.78 is 12.6. The van der Waals surface area contributed by atoms with Crippen molar-refractivity contribution in [2.45, 2.75) is 0 Å². The van der Waals surface area contributed by atoms with Crippen LogP contribution in [-0.4, -0.2) is 21.7 Å². The van der Waals surface area contributed by atoms with E-state index in [-0.39, 0.29) is 0 Å². The van der Waals surface area contributed by atoms with E-state index in [0.717, 1.165) is 0 Å². The topological polar surface area (TPSA) is 74.7 Å². The van der Waals surface area contributed by atoms with Gasteiger partial charge in [-0.25, -0.2) is 4.52 Å². The number of ether oxygens (including phenoxy) is 2. The monoisotopic (exact) mass is 256 g/mol. The first-order valence-electron chi connectivity index (χ1n) is 5.68. The van der Waals surface area contributed by atoms with Gasteiger partial charge in [0.05, 0.1) is 13.3 Å². The quantitative estimate of drug-likeness (QED) is 0.726. The van der Waals surface area contributed by atoms with Crippen LogP contribution in [0.5, 0.6) is 17.4 Å². The van der Waals surface area contributed by atoms with Crippen LogP contribution in [0.4, 0.5) is 5.69 Å². The third-order valence-corrected chi connectivity index (χ3v) is 2.63. The summed E-state index contributed by atoms with van der Waals surface area (Å²) in [6.45, 7) is 0. The minimum absolute atomic E-state index is 0.469. The second-order valence-electron chi connectivity index (χ2n) is 3.91. The summed E-state index contributed by atoms with van der Waals surface area (Å²) in [7, 11) is 1.56. The van der Waals surface area contributed by atoms with Gasteiger partial charge in [-0.3, -0.25) is 0 Å². The van der Waals surface area contributed by atoms with Gasteiger partial charge < -0.3 is 15.2 Å². The van der Waals surface area contributed by atoms with Crippen LogP contribution < -0.4 is 15.2 Å². The zero-order valence-electron chi connectivity index (χ0n) is 10.3. The molecule has 6 heteroatoms. The highest BCUT2D eigenvalue weighted by atomic mass is 16.5. The van der Waals surface area contributed by atoms with Crippen molar-refractivity contribution in [3.05, 3.63) is 42.7 Å². The Labute approximate surface area is 109 Å². The number of nitrogens with zero attached hydrogens (tertiary/aromatic N) is 3. The number of hydrogen-bond donors (Lipinski definition) is 1. The largest absolute Gasteiger partial charge is 0.493 e. The van der Waals surface area contributed by atoms with Crippen LogP contribution >= 0.6 is 0 Å².